The van der Waals surface area contributed by atoms with Crippen LogP contribution in [0.2, 0.25) is 0 Å². The molecule has 1 atom stereocenters. The van der Waals surface area contributed by atoms with Crippen molar-refractivity contribution in [2.75, 3.05) is 24.0 Å². The lowest BCUT2D eigenvalue weighted by Gasteiger charge is -2.34. The molecule has 4 aromatic carbocycles. The lowest BCUT2D eigenvalue weighted by atomic mass is 10.0. The highest BCUT2D eigenvalue weighted by Gasteiger charge is 2.35. The monoisotopic (exact) mass is 705 g/mol. The third-order valence-corrected chi connectivity index (χ3v) is 9.65. The van der Waals surface area contributed by atoms with Crippen molar-refractivity contribution >= 4 is 43.5 Å². The molecule has 242 valence electrons. The predicted molar refractivity (Wildman–Crippen MR) is 185 cm³/mol. The topological polar surface area (TPSA) is 96.0 Å². The van der Waals surface area contributed by atoms with Crippen molar-refractivity contribution in [2.45, 2.75) is 51.1 Å². The normalized spacial score (nSPS) is 11.8. The number of halogens is 1. The van der Waals surface area contributed by atoms with Crippen molar-refractivity contribution in [1.82, 2.24) is 10.2 Å². The van der Waals surface area contributed by atoms with Crippen LogP contribution < -0.4 is 14.4 Å². The quantitative estimate of drug-likeness (QED) is 0.152. The Morgan fingerprint density at radius 2 is 1.54 bits per heavy atom. The molecule has 0 aromatic heterocycles. The first kappa shape index (κ1) is 34.7. The van der Waals surface area contributed by atoms with Crippen molar-refractivity contribution in [3.8, 4) is 5.75 Å². The summed E-state index contributed by atoms with van der Waals surface area (Å²) in [6, 6.07) is 29.3. The second kappa shape index (κ2) is 16.4. The third-order valence-electron chi connectivity index (χ3n) is 7.38. The van der Waals surface area contributed by atoms with Gasteiger partial charge in [-0.2, -0.15) is 0 Å². The Labute approximate surface area is 280 Å². The SMILES string of the molecule is CCCNC(=O)[C@@H](Cc1ccccc1)N(Cc1cccc(Br)c1)C(=O)CN(c1ccccc1OCC)S(=O)(=O)c1ccc(C)cc1. The van der Waals surface area contributed by atoms with Gasteiger partial charge in [-0.25, -0.2) is 8.42 Å². The molecule has 0 aliphatic carbocycles. The van der Waals surface area contributed by atoms with Crippen molar-refractivity contribution in [3.05, 3.63) is 124 Å². The number of carbonyl (C=O) groups is 2. The zero-order valence-electron chi connectivity index (χ0n) is 26.4. The lowest BCUT2D eigenvalue weighted by molar-refractivity contribution is -0.140. The molecule has 0 aliphatic heterocycles. The first-order valence-electron chi connectivity index (χ1n) is 15.3. The second-order valence-electron chi connectivity index (χ2n) is 10.9. The molecule has 10 heteroatoms. The van der Waals surface area contributed by atoms with Gasteiger partial charge in [-0.15, -0.1) is 0 Å². The fourth-order valence-corrected chi connectivity index (χ4v) is 6.91. The molecule has 46 heavy (non-hydrogen) atoms. The average Bonchev–Trinajstić information content (AvgIpc) is 3.05. The van der Waals surface area contributed by atoms with Crippen LogP contribution in [0.4, 0.5) is 5.69 Å². The standard InChI is InChI=1S/C36H40BrN3O5S/c1-4-22-38-36(42)33(24-28-12-7-6-8-13-28)39(25-29-14-11-15-30(37)23-29)35(41)26-40(32-16-9-10-17-34(32)45-5-2)46(43,44)31-20-18-27(3)19-21-31/h6-21,23,33H,4-5,22,24-26H2,1-3H3,(H,38,42)/t33-/m1/s1. The number of nitrogens with one attached hydrogen (secondary N) is 1. The van der Waals surface area contributed by atoms with E-state index in [4.69, 9.17) is 4.74 Å². The van der Waals surface area contributed by atoms with Gasteiger partial charge in [0.25, 0.3) is 10.0 Å². The summed E-state index contributed by atoms with van der Waals surface area (Å²) in [5, 5.41) is 2.96. The number of para-hydroxylation sites is 2. The fraction of sp³-hybridized carbons (Fsp3) is 0.278. The molecule has 0 spiro atoms. The van der Waals surface area contributed by atoms with Gasteiger partial charge in [0.2, 0.25) is 11.8 Å². The van der Waals surface area contributed by atoms with Crippen molar-refractivity contribution in [1.29, 1.82) is 0 Å². The van der Waals surface area contributed by atoms with Crippen LogP contribution in [-0.4, -0.2) is 50.9 Å². The molecule has 0 saturated heterocycles. The Kier molecular flexibility index (Phi) is 12.4. The highest BCUT2D eigenvalue weighted by molar-refractivity contribution is 9.10. The van der Waals surface area contributed by atoms with Crippen LogP contribution in [0, 0.1) is 6.92 Å². The number of nitrogens with zero attached hydrogens (tertiary/aromatic N) is 2. The number of sulfonamides is 1. The Morgan fingerprint density at radius 1 is 0.870 bits per heavy atom. The summed E-state index contributed by atoms with van der Waals surface area (Å²) in [4.78, 5) is 29.9. The second-order valence-corrected chi connectivity index (χ2v) is 13.7. The van der Waals surface area contributed by atoms with Crippen LogP contribution in [0.5, 0.6) is 5.75 Å². The molecule has 2 amide bonds. The zero-order valence-corrected chi connectivity index (χ0v) is 28.8. The smallest absolute Gasteiger partial charge is 0.264 e. The number of aryl methyl sites for hydroxylation is 1. The van der Waals surface area contributed by atoms with Crippen molar-refractivity contribution in [3.63, 3.8) is 0 Å². The van der Waals surface area contributed by atoms with E-state index < -0.39 is 28.5 Å². The molecule has 0 aliphatic rings. The Bertz CT molecular complexity index is 1720. The maximum absolute atomic E-state index is 14.6. The average molecular weight is 707 g/mol. The molecular formula is C36H40BrN3O5S. The van der Waals surface area contributed by atoms with E-state index in [1.54, 1.807) is 36.4 Å². The third kappa shape index (κ3) is 8.98. The number of ether oxygens (including phenoxy) is 1. The van der Waals surface area contributed by atoms with Gasteiger partial charge in [-0.05, 0) is 67.8 Å². The largest absolute Gasteiger partial charge is 0.492 e. The first-order valence-corrected chi connectivity index (χ1v) is 17.5. The van der Waals surface area contributed by atoms with E-state index >= 15 is 0 Å². The molecule has 0 radical (unpaired) electrons. The van der Waals surface area contributed by atoms with Crippen molar-refractivity contribution in [2.24, 2.45) is 0 Å². The summed E-state index contributed by atoms with van der Waals surface area (Å²) in [5.41, 5.74) is 2.79. The van der Waals surface area contributed by atoms with E-state index in [1.807, 2.05) is 75.4 Å². The number of hydrogen-bond acceptors (Lipinski definition) is 5. The first-order chi connectivity index (χ1) is 22.1. The van der Waals surface area contributed by atoms with E-state index in [0.717, 1.165) is 31.9 Å². The molecule has 0 bridgehead atoms. The minimum Gasteiger partial charge on any atom is -0.492 e. The number of amides is 2. The maximum Gasteiger partial charge on any atom is 0.264 e. The Balaban J connectivity index is 1.83. The van der Waals surface area contributed by atoms with Crippen LogP contribution in [-0.2, 0) is 32.6 Å². The van der Waals surface area contributed by atoms with Gasteiger partial charge in [0.05, 0.1) is 17.2 Å². The highest BCUT2D eigenvalue weighted by Crippen LogP contribution is 2.33. The van der Waals surface area contributed by atoms with E-state index in [2.05, 4.69) is 21.2 Å². The Hall–Kier alpha value is -4.15. The van der Waals surface area contributed by atoms with Gasteiger partial charge in [0.1, 0.15) is 18.3 Å². The number of anilines is 1. The van der Waals surface area contributed by atoms with Crippen LogP contribution in [0.1, 0.15) is 37.0 Å². The van der Waals surface area contributed by atoms with E-state index in [9.17, 15) is 18.0 Å². The molecule has 0 heterocycles. The molecule has 0 fully saturated rings. The van der Waals surface area contributed by atoms with Gasteiger partial charge < -0.3 is 15.0 Å². The molecule has 4 rings (SSSR count). The number of rotatable bonds is 15. The molecule has 8 nitrogen and oxygen atoms in total. The predicted octanol–water partition coefficient (Wildman–Crippen LogP) is 6.52. The van der Waals surface area contributed by atoms with Crippen LogP contribution in [0.3, 0.4) is 0 Å². The van der Waals surface area contributed by atoms with E-state index in [1.165, 1.54) is 17.0 Å². The molecule has 0 saturated carbocycles. The fourth-order valence-electron chi connectivity index (χ4n) is 5.04. The molecule has 1 N–H and O–H groups in total. The molecular weight excluding hydrogens is 666 g/mol. The summed E-state index contributed by atoms with van der Waals surface area (Å²) in [6.07, 6.45) is 0.969. The Morgan fingerprint density at radius 3 is 2.22 bits per heavy atom. The van der Waals surface area contributed by atoms with Gasteiger partial charge in [0, 0.05) is 24.0 Å². The maximum atomic E-state index is 14.6. The highest BCUT2D eigenvalue weighted by atomic mass is 79.9. The van der Waals surface area contributed by atoms with Crippen LogP contribution in [0.15, 0.2) is 112 Å². The molecule has 4 aromatic rings. The van der Waals surface area contributed by atoms with Gasteiger partial charge in [0.15, 0.2) is 0 Å². The van der Waals surface area contributed by atoms with Crippen LogP contribution in [0.25, 0.3) is 0 Å². The zero-order chi connectivity index (χ0) is 33.1. The lowest BCUT2D eigenvalue weighted by Crippen LogP contribution is -2.53. The minimum atomic E-state index is -4.24. The summed E-state index contributed by atoms with van der Waals surface area (Å²) < 4.78 is 36.4. The summed E-state index contributed by atoms with van der Waals surface area (Å²) >= 11 is 3.51. The summed E-state index contributed by atoms with van der Waals surface area (Å²) in [5.74, 6) is -0.514. The summed E-state index contributed by atoms with van der Waals surface area (Å²) in [7, 11) is -4.24. The minimum absolute atomic E-state index is 0.0391. The van der Waals surface area contributed by atoms with Gasteiger partial charge >= 0.3 is 0 Å². The van der Waals surface area contributed by atoms with Gasteiger partial charge in [-0.3, -0.25) is 13.9 Å². The number of benzene rings is 4. The number of hydrogen-bond donors (Lipinski definition) is 1. The van der Waals surface area contributed by atoms with E-state index in [-0.39, 0.29) is 29.5 Å². The van der Waals surface area contributed by atoms with Gasteiger partial charge in [-0.1, -0.05) is 95.1 Å². The summed E-state index contributed by atoms with van der Waals surface area (Å²) in [6.45, 7) is 5.91. The molecule has 0 unspecified atom stereocenters. The van der Waals surface area contributed by atoms with E-state index in [0.29, 0.717) is 18.9 Å². The van der Waals surface area contributed by atoms with Crippen LogP contribution >= 0.6 is 15.9 Å². The number of carbonyl (C=O) groups excluding carboxylic acids is 2. The van der Waals surface area contributed by atoms with Crippen molar-refractivity contribution < 1.29 is 22.7 Å².